The molecule has 4 heterocycles. The number of nitrogens with zero attached hydrogens (tertiary/aromatic N) is 5. The molecule has 2 aliphatic rings. The number of likely N-dealkylation sites (tertiary alicyclic amines) is 1. The quantitative estimate of drug-likeness (QED) is 0.565. The molecule has 2 aromatic heterocycles. The van der Waals surface area contributed by atoms with E-state index in [9.17, 15) is 4.79 Å². The predicted octanol–water partition coefficient (Wildman–Crippen LogP) is 1.35. The van der Waals surface area contributed by atoms with E-state index in [2.05, 4.69) is 24.1 Å². The molecule has 1 amide bonds. The number of nitrogens with one attached hydrogen (secondary N) is 1. The summed E-state index contributed by atoms with van der Waals surface area (Å²) in [6.07, 6.45) is 7.71. The minimum absolute atomic E-state index is 0.0226. The van der Waals surface area contributed by atoms with Crippen LogP contribution in [0.3, 0.4) is 0 Å². The van der Waals surface area contributed by atoms with E-state index in [4.69, 9.17) is 21.5 Å². The van der Waals surface area contributed by atoms with Gasteiger partial charge in [-0.2, -0.15) is 5.10 Å². The first-order chi connectivity index (χ1) is 15.5. The van der Waals surface area contributed by atoms with Crippen molar-refractivity contribution in [2.75, 3.05) is 37.6 Å². The van der Waals surface area contributed by atoms with E-state index < -0.39 is 0 Å². The van der Waals surface area contributed by atoms with Gasteiger partial charge in [-0.1, -0.05) is 6.92 Å². The van der Waals surface area contributed by atoms with Crippen molar-refractivity contribution in [2.24, 2.45) is 11.5 Å². The van der Waals surface area contributed by atoms with Gasteiger partial charge >= 0.3 is 0 Å². The fourth-order valence-corrected chi connectivity index (χ4v) is 4.98. The number of nitrogens with two attached hydrogens (primary N) is 2. The molecule has 0 spiro atoms. The Labute approximate surface area is 190 Å². The number of hydrogen-bond donors (Lipinski definition) is 3. The topological polar surface area (TPSA) is 118 Å². The second-order valence-electron chi connectivity index (χ2n) is 9.24. The number of piperidine rings is 1. The minimum atomic E-state index is -0.232. The number of anilines is 1. The second-order valence-corrected chi connectivity index (χ2v) is 9.24. The molecule has 5 N–H and O–H groups in total. The molecular weight excluding hydrogens is 404 g/mol. The molecule has 176 valence electrons. The number of aromatic nitrogens is 3. The number of hydrogen-bond acceptors (Lipinski definition) is 7. The smallest absolute Gasteiger partial charge is 0.240 e. The van der Waals surface area contributed by atoms with Crippen molar-refractivity contribution in [3.05, 3.63) is 23.5 Å². The van der Waals surface area contributed by atoms with E-state index in [1.807, 2.05) is 21.7 Å². The van der Waals surface area contributed by atoms with Crippen LogP contribution in [0.2, 0.25) is 0 Å². The monoisotopic (exact) mass is 442 g/mol. The second kappa shape index (κ2) is 10.1. The van der Waals surface area contributed by atoms with Gasteiger partial charge in [-0.25, -0.2) is 9.50 Å². The highest BCUT2D eigenvalue weighted by Crippen LogP contribution is 2.32. The third-order valence-corrected chi connectivity index (χ3v) is 6.67. The van der Waals surface area contributed by atoms with Gasteiger partial charge in [-0.15, -0.1) is 0 Å². The van der Waals surface area contributed by atoms with Gasteiger partial charge < -0.3 is 26.6 Å². The fourth-order valence-electron chi connectivity index (χ4n) is 4.98. The Morgan fingerprint density at radius 2 is 2.16 bits per heavy atom. The number of rotatable bonds is 8. The zero-order chi connectivity index (χ0) is 22.7. The molecule has 0 aliphatic carbocycles. The molecule has 2 fully saturated rings. The van der Waals surface area contributed by atoms with Gasteiger partial charge in [0.25, 0.3) is 0 Å². The first kappa shape index (κ1) is 22.9. The largest absolute Gasteiger partial charge is 0.355 e. The van der Waals surface area contributed by atoms with Crippen LogP contribution in [0.1, 0.15) is 62.7 Å². The van der Waals surface area contributed by atoms with Crippen molar-refractivity contribution < 1.29 is 4.79 Å². The molecule has 0 radical (unpaired) electrons. The van der Waals surface area contributed by atoms with Crippen molar-refractivity contribution in [1.29, 1.82) is 0 Å². The van der Waals surface area contributed by atoms with E-state index in [1.165, 1.54) is 0 Å². The molecular formula is C23H38N8O. The van der Waals surface area contributed by atoms with E-state index in [0.717, 1.165) is 81.0 Å². The maximum Gasteiger partial charge on any atom is 0.240 e. The lowest BCUT2D eigenvalue weighted by molar-refractivity contribution is -0.137. The van der Waals surface area contributed by atoms with Crippen molar-refractivity contribution >= 4 is 17.4 Å². The Balaban J connectivity index is 1.60. The van der Waals surface area contributed by atoms with Crippen molar-refractivity contribution in [1.82, 2.24) is 24.8 Å². The molecule has 0 bridgehead atoms. The summed E-state index contributed by atoms with van der Waals surface area (Å²) in [5.41, 5.74) is 14.7. The van der Waals surface area contributed by atoms with Crippen LogP contribution < -0.4 is 21.7 Å². The van der Waals surface area contributed by atoms with E-state index in [-0.39, 0.29) is 24.0 Å². The van der Waals surface area contributed by atoms with Gasteiger partial charge in [0.1, 0.15) is 5.82 Å². The molecule has 3 atom stereocenters. The van der Waals surface area contributed by atoms with Crippen LogP contribution in [0, 0.1) is 6.92 Å². The van der Waals surface area contributed by atoms with Gasteiger partial charge in [0.05, 0.1) is 17.8 Å². The Morgan fingerprint density at radius 3 is 2.88 bits per heavy atom. The lowest BCUT2D eigenvalue weighted by Gasteiger charge is -2.37. The first-order valence-electron chi connectivity index (χ1n) is 12.1. The van der Waals surface area contributed by atoms with Crippen LogP contribution in [-0.2, 0) is 4.79 Å². The number of aryl methyl sites for hydroxylation is 1. The van der Waals surface area contributed by atoms with Crippen LogP contribution >= 0.6 is 0 Å². The molecule has 0 aromatic carbocycles. The SMILES string of the molecule is CCCNC(CCN)C(=O)N1CCCC[C@H]1c1cc2nc(N3CC[C@H](N)C3)c(C)cn2n1. The fraction of sp³-hybridized carbons (Fsp3) is 0.696. The summed E-state index contributed by atoms with van der Waals surface area (Å²) in [6.45, 7) is 8.02. The molecule has 9 nitrogen and oxygen atoms in total. The highest BCUT2D eigenvalue weighted by Gasteiger charge is 2.33. The first-order valence-corrected chi connectivity index (χ1v) is 12.1. The highest BCUT2D eigenvalue weighted by atomic mass is 16.2. The van der Waals surface area contributed by atoms with Gasteiger partial charge in [0.15, 0.2) is 5.65 Å². The van der Waals surface area contributed by atoms with Crippen LogP contribution in [0.5, 0.6) is 0 Å². The van der Waals surface area contributed by atoms with Crippen LogP contribution in [-0.4, -0.2) is 70.2 Å². The molecule has 2 aromatic rings. The molecule has 1 unspecified atom stereocenters. The summed E-state index contributed by atoms with van der Waals surface area (Å²) in [4.78, 5) is 22.6. The summed E-state index contributed by atoms with van der Waals surface area (Å²) in [5.74, 6) is 1.13. The predicted molar refractivity (Wildman–Crippen MR) is 127 cm³/mol. The summed E-state index contributed by atoms with van der Waals surface area (Å²) in [7, 11) is 0. The molecule has 9 heteroatoms. The normalized spacial score (nSPS) is 22.6. The molecule has 2 saturated heterocycles. The maximum absolute atomic E-state index is 13.4. The van der Waals surface area contributed by atoms with E-state index in [1.54, 1.807) is 0 Å². The lowest BCUT2D eigenvalue weighted by atomic mass is 9.97. The third-order valence-electron chi connectivity index (χ3n) is 6.67. The third kappa shape index (κ3) is 4.74. The van der Waals surface area contributed by atoms with E-state index >= 15 is 0 Å². The van der Waals surface area contributed by atoms with Gasteiger partial charge in [-0.3, -0.25) is 4.79 Å². The summed E-state index contributed by atoms with van der Waals surface area (Å²) in [6, 6.07) is 2.00. The number of amides is 1. The summed E-state index contributed by atoms with van der Waals surface area (Å²) >= 11 is 0. The summed E-state index contributed by atoms with van der Waals surface area (Å²) in [5, 5.41) is 8.24. The summed E-state index contributed by atoms with van der Waals surface area (Å²) < 4.78 is 1.86. The number of carbonyl (C=O) groups is 1. The maximum atomic E-state index is 13.4. The van der Waals surface area contributed by atoms with Crippen LogP contribution in [0.4, 0.5) is 5.82 Å². The molecule has 32 heavy (non-hydrogen) atoms. The van der Waals surface area contributed by atoms with Crippen LogP contribution in [0.25, 0.3) is 5.65 Å². The minimum Gasteiger partial charge on any atom is -0.355 e. The van der Waals surface area contributed by atoms with Gasteiger partial charge in [0, 0.05) is 43.5 Å². The number of fused-ring (bicyclic) bond motifs is 1. The van der Waals surface area contributed by atoms with Crippen molar-refractivity contribution in [3.63, 3.8) is 0 Å². The Bertz CT molecular complexity index is 928. The highest BCUT2D eigenvalue weighted by molar-refractivity contribution is 5.82. The zero-order valence-corrected chi connectivity index (χ0v) is 19.5. The Morgan fingerprint density at radius 1 is 1.31 bits per heavy atom. The average Bonchev–Trinajstić information content (AvgIpc) is 3.41. The van der Waals surface area contributed by atoms with Crippen molar-refractivity contribution in [3.8, 4) is 0 Å². The molecule has 0 saturated carbocycles. The zero-order valence-electron chi connectivity index (χ0n) is 19.5. The van der Waals surface area contributed by atoms with E-state index in [0.29, 0.717) is 13.0 Å². The molecule has 2 aliphatic heterocycles. The molecule has 4 rings (SSSR count). The van der Waals surface area contributed by atoms with Gasteiger partial charge in [0.2, 0.25) is 5.91 Å². The van der Waals surface area contributed by atoms with Crippen molar-refractivity contribution in [2.45, 2.75) is 70.5 Å². The standard InChI is InChI=1S/C23H38N8O/c1-3-10-26-18(7-9-24)23(32)30-11-5-4-6-20(30)19-13-21-27-22(16(2)14-31(21)28-19)29-12-8-17(25)15-29/h13-14,17-18,20,26H,3-12,15,24-25H2,1-2H3/t17-,18?,20-/m0/s1. The Hall–Kier alpha value is -2.23. The lowest BCUT2D eigenvalue weighted by Crippen LogP contribution is -2.50. The Kier molecular flexibility index (Phi) is 7.27. The van der Waals surface area contributed by atoms with Gasteiger partial charge in [-0.05, 0) is 58.5 Å². The average molecular weight is 443 g/mol. The van der Waals surface area contributed by atoms with Crippen LogP contribution in [0.15, 0.2) is 12.3 Å². The number of carbonyl (C=O) groups excluding carboxylic acids is 1.